The maximum Gasteiger partial charge on any atom is 0.226 e. The molecule has 1 aromatic carbocycles. The summed E-state index contributed by atoms with van der Waals surface area (Å²) in [5.74, 6) is 0.362. The van der Waals surface area contributed by atoms with Crippen molar-refractivity contribution in [1.29, 1.82) is 0 Å². The first-order valence-electron chi connectivity index (χ1n) is 12.1. The van der Waals surface area contributed by atoms with Gasteiger partial charge in [-0.2, -0.15) is 0 Å². The molecule has 0 bridgehead atoms. The number of hydrogen-bond acceptors (Lipinski definition) is 4. The molecule has 4 aromatic rings. The van der Waals surface area contributed by atoms with Crippen LogP contribution in [0.2, 0.25) is 0 Å². The molecule has 9 heteroatoms. The Kier molecular flexibility index (Phi) is 7.05. The molecule has 1 aliphatic heterocycles. The molecule has 1 fully saturated rings. The molecule has 1 aliphatic rings. The summed E-state index contributed by atoms with van der Waals surface area (Å²) >= 11 is 5.76. The van der Waals surface area contributed by atoms with Gasteiger partial charge in [0.1, 0.15) is 11.6 Å². The molecule has 2 atom stereocenters. The first-order valence-corrected chi connectivity index (χ1v) is 12.5. The topological polar surface area (TPSA) is 75.3 Å². The number of aromatic nitrogens is 2. The van der Waals surface area contributed by atoms with E-state index in [9.17, 15) is 9.18 Å². The van der Waals surface area contributed by atoms with Crippen molar-refractivity contribution in [2.24, 2.45) is 0 Å². The first kappa shape index (κ1) is 24.7. The Labute approximate surface area is 220 Å². The highest BCUT2D eigenvalue weighted by Crippen LogP contribution is 2.41. The largest absolute Gasteiger partial charge is 0.467 e. The molecule has 0 saturated carbocycles. The van der Waals surface area contributed by atoms with Crippen LogP contribution in [0.1, 0.15) is 46.9 Å². The highest BCUT2D eigenvalue weighted by molar-refractivity contribution is 7.80. The Morgan fingerprint density at radius 3 is 2.68 bits per heavy atom. The third-order valence-electron chi connectivity index (χ3n) is 6.73. The Morgan fingerprint density at radius 1 is 1.16 bits per heavy atom. The molecule has 1 saturated heterocycles. The molecule has 0 aliphatic carbocycles. The van der Waals surface area contributed by atoms with Gasteiger partial charge in [-0.1, -0.05) is 6.07 Å². The second-order valence-corrected chi connectivity index (χ2v) is 9.50. The van der Waals surface area contributed by atoms with Crippen LogP contribution in [0.4, 0.5) is 10.1 Å². The monoisotopic (exact) mass is 517 g/mol. The summed E-state index contributed by atoms with van der Waals surface area (Å²) in [5.41, 5.74) is 4.76. The number of benzene rings is 1. The van der Waals surface area contributed by atoms with E-state index < -0.39 is 0 Å². The smallest absolute Gasteiger partial charge is 0.226 e. The Morgan fingerprint density at radius 2 is 1.97 bits per heavy atom. The SMILES string of the molecule is Cc1cc([C@H]2[C@H](c3ccccn3)NC(=S)N2CCC(=O)Nc2ccc(F)cc2)c(C)n1Cc1ccco1. The van der Waals surface area contributed by atoms with E-state index in [-0.39, 0.29) is 30.2 Å². The molecule has 37 heavy (non-hydrogen) atoms. The minimum atomic E-state index is -0.348. The molecule has 4 heterocycles. The number of anilines is 1. The van der Waals surface area contributed by atoms with E-state index in [0.29, 0.717) is 23.9 Å². The molecule has 190 valence electrons. The second kappa shape index (κ2) is 10.6. The number of furan rings is 1. The van der Waals surface area contributed by atoms with Crippen LogP contribution in [0.15, 0.2) is 77.5 Å². The maximum absolute atomic E-state index is 13.2. The maximum atomic E-state index is 13.2. The van der Waals surface area contributed by atoms with Crippen LogP contribution >= 0.6 is 12.2 Å². The number of thiocarbonyl (C=S) groups is 1. The summed E-state index contributed by atoms with van der Waals surface area (Å²) in [6.07, 6.45) is 3.67. The molecule has 0 unspecified atom stereocenters. The lowest BCUT2D eigenvalue weighted by atomic mass is 9.96. The summed E-state index contributed by atoms with van der Waals surface area (Å²) in [7, 11) is 0. The van der Waals surface area contributed by atoms with Crippen molar-refractivity contribution in [3.05, 3.63) is 107 Å². The number of halogens is 1. The van der Waals surface area contributed by atoms with Crippen LogP contribution in [0.5, 0.6) is 0 Å². The van der Waals surface area contributed by atoms with Crippen LogP contribution in [0, 0.1) is 19.7 Å². The van der Waals surface area contributed by atoms with Crippen molar-refractivity contribution in [2.75, 3.05) is 11.9 Å². The van der Waals surface area contributed by atoms with Crippen LogP contribution < -0.4 is 10.6 Å². The summed E-state index contributed by atoms with van der Waals surface area (Å²) in [4.78, 5) is 19.4. The molecular formula is C28H28FN5O2S. The van der Waals surface area contributed by atoms with Crippen molar-refractivity contribution >= 4 is 28.9 Å². The predicted molar refractivity (Wildman–Crippen MR) is 144 cm³/mol. The van der Waals surface area contributed by atoms with Gasteiger partial charge in [0.05, 0.1) is 30.6 Å². The van der Waals surface area contributed by atoms with Gasteiger partial charge < -0.3 is 24.5 Å². The van der Waals surface area contributed by atoms with Crippen molar-refractivity contribution in [1.82, 2.24) is 19.8 Å². The van der Waals surface area contributed by atoms with Gasteiger partial charge in [0.25, 0.3) is 0 Å². The fourth-order valence-electron chi connectivity index (χ4n) is 4.89. The van der Waals surface area contributed by atoms with Gasteiger partial charge in [-0.25, -0.2) is 4.39 Å². The van der Waals surface area contributed by atoms with Crippen molar-refractivity contribution in [3.8, 4) is 0 Å². The number of nitrogens with one attached hydrogen (secondary N) is 2. The van der Waals surface area contributed by atoms with E-state index in [0.717, 1.165) is 28.4 Å². The highest BCUT2D eigenvalue weighted by Gasteiger charge is 2.41. The van der Waals surface area contributed by atoms with Gasteiger partial charge in [0.15, 0.2) is 5.11 Å². The lowest BCUT2D eigenvalue weighted by molar-refractivity contribution is -0.116. The Balaban J connectivity index is 1.42. The lowest BCUT2D eigenvalue weighted by Gasteiger charge is -2.28. The van der Waals surface area contributed by atoms with E-state index in [4.69, 9.17) is 16.6 Å². The third-order valence-corrected chi connectivity index (χ3v) is 7.08. The minimum Gasteiger partial charge on any atom is -0.467 e. The zero-order valence-electron chi connectivity index (χ0n) is 20.6. The van der Waals surface area contributed by atoms with Gasteiger partial charge in [-0.15, -0.1) is 0 Å². The summed E-state index contributed by atoms with van der Waals surface area (Å²) in [6, 6.07) is 17.3. The van der Waals surface area contributed by atoms with E-state index in [1.54, 1.807) is 24.6 Å². The van der Waals surface area contributed by atoms with Gasteiger partial charge in [0.2, 0.25) is 5.91 Å². The van der Waals surface area contributed by atoms with Crippen molar-refractivity contribution in [2.45, 2.75) is 38.9 Å². The molecule has 0 spiro atoms. The normalized spacial score (nSPS) is 17.2. The van der Waals surface area contributed by atoms with Gasteiger partial charge >= 0.3 is 0 Å². The zero-order chi connectivity index (χ0) is 25.9. The van der Waals surface area contributed by atoms with Crippen molar-refractivity contribution in [3.63, 3.8) is 0 Å². The number of carbonyl (C=O) groups excluding carboxylic acids is 1. The number of hydrogen-bond donors (Lipinski definition) is 2. The third kappa shape index (κ3) is 5.27. The van der Waals surface area contributed by atoms with E-state index >= 15 is 0 Å². The lowest BCUT2D eigenvalue weighted by Crippen LogP contribution is -2.33. The molecule has 7 nitrogen and oxygen atoms in total. The molecule has 3 aromatic heterocycles. The van der Waals surface area contributed by atoms with E-state index in [2.05, 4.69) is 45.0 Å². The van der Waals surface area contributed by atoms with E-state index in [1.165, 1.54) is 12.1 Å². The molecule has 5 rings (SSSR count). The summed E-state index contributed by atoms with van der Waals surface area (Å²) in [5, 5.41) is 6.85. The quantitative estimate of drug-likeness (QED) is 0.310. The zero-order valence-corrected chi connectivity index (χ0v) is 21.5. The number of pyridine rings is 1. The van der Waals surface area contributed by atoms with Crippen LogP contribution in [0.3, 0.4) is 0 Å². The van der Waals surface area contributed by atoms with Crippen molar-refractivity contribution < 1.29 is 13.6 Å². The average molecular weight is 518 g/mol. The van der Waals surface area contributed by atoms with Gasteiger partial charge in [-0.05, 0) is 86.2 Å². The van der Waals surface area contributed by atoms with Crippen LogP contribution in [-0.2, 0) is 11.3 Å². The van der Waals surface area contributed by atoms with Crippen LogP contribution in [0.25, 0.3) is 0 Å². The highest BCUT2D eigenvalue weighted by atomic mass is 32.1. The molecular weight excluding hydrogens is 489 g/mol. The second-order valence-electron chi connectivity index (χ2n) is 9.12. The summed E-state index contributed by atoms with van der Waals surface area (Å²) in [6.45, 7) is 5.22. The van der Waals surface area contributed by atoms with Gasteiger partial charge in [0, 0.05) is 36.2 Å². The fourth-order valence-corrected chi connectivity index (χ4v) is 5.22. The van der Waals surface area contributed by atoms with Gasteiger partial charge in [-0.3, -0.25) is 9.78 Å². The number of nitrogens with zero attached hydrogens (tertiary/aromatic N) is 3. The Bertz CT molecular complexity index is 1390. The molecule has 2 N–H and O–H groups in total. The Hall–Kier alpha value is -3.98. The molecule has 1 amide bonds. The average Bonchev–Trinajstić information content (AvgIpc) is 3.60. The standard InChI is InChI=1S/C28H28FN5O2S/c1-18-16-23(19(2)34(18)17-22-6-5-15-36-22)27-26(24-7-3-4-13-30-24)32-28(37)33(27)14-12-25(35)31-21-10-8-20(29)9-11-21/h3-11,13,15-16,26-27H,12,14,17H2,1-2H3,(H,31,35)(H,32,37)/t26-,27-/m0/s1. The predicted octanol–water partition coefficient (Wildman–Crippen LogP) is 5.28. The minimum absolute atomic E-state index is 0.155. The molecule has 0 radical (unpaired) electrons. The number of rotatable bonds is 8. The van der Waals surface area contributed by atoms with E-state index in [1.807, 2.05) is 30.3 Å². The first-order chi connectivity index (χ1) is 17.9. The summed E-state index contributed by atoms with van der Waals surface area (Å²) < 4.78 is 21.0. The van der Waals surface area contributed by atoms with Crippen LogP contribution in [-0.4, -0.2) is 32.0 Å². The fraction of sp³-hybridized carbons (Fsp3) is 0.250. The number of aryl methyl sites for hydroxylation is 1. The number of carbonyl (C=O) groups is 1. The number of amides is 1.